The van der Waals surface area contributed by atoms with Gasteiger partial charge in [-0.25, -0.2) is 14.5 Å². The first-order chi connectivity index (χ1) is 25.2. The molecule has 1 aromatic carbocycles. The molecule has 2 fully saturated rings. The largest absolute Gasteiger partial charge is 0.465 e. The maximum absolute atomic E-state index is 14.8. The van der Waals surface area contributed by atoms with Crippen LogP contribution in [-0.2, 0) is 24.8 Å². The second kappa shape index (κ2) is 17.0. The number of ketones is 1. The Morgan fingerprint density at radius 1 is 1.06 bits per heavy atom. The van der Waals surface area contributed by atoms with E-state index in [0.717, 1.165) is 32.1 Å². The number of amides is 5. The van der Waals surface area contributed by atoms with Gasteiger partial charge in [-0.2, -0.15) is 0 Å². The third kappa shape index (κ3) is 9.54. The molecular weight excluding hydrogens is 688 g/mol. The van der Waals surface area contributed by atoms with Gasteiger partial charge in [-0.15, -0.1) is 5.10 Å². The zero-order valence-electron chi connectivity index (χ0n) is 29.9. The van der Waals surface area contributed by atoms with Gasteiger partial charge in [-0.1, -0.05) is 43.4 Å². The van der Waals surface area contributed by atoms with Crippen molar-refractivity contribution in [3.05, 3.63) is 42.0 Å². The molecule has 3 aromatic rings. The Morgan fingerprint density at radius 2 is 1.81 bits per heavy atom. The number of hydrogen-bond acceptors (Lipinski definition) is 10. The molecule has 0 bridgehead atoms. The number of imidazole rings is 1. The van der Waals surface area contributed by atoms with Gasteiger partial charge in [0.2, 0.25) is 17.6 Å². The summed E-state index contributed by atoms with van der Waals surface area (Å²) in [6.07, 6.45) is 7.45. The fourth-order valence-corrected chi connectivity index (χ4v) is 7.37. The molecule has 4 atom stereocenters. The molecule has 1 aliphatic heterocycles. The molecule has 0 radical (unpaired) electrons. The van der Waals surface area contributed by atoms with Crippen molar-refractivity contribution in [2.24, 2.45) is 11.7 Å². The van der Waals surface area contributed by atoms with Crippen molar-refractivity contribution in [2.45, 2.75) is 108 Å². The summed E-state index contributed by atoms with van der Waals surface area (Å²) in [6.45, 7) is 3.18. The number of aromatic nitrogens is 5. The van der Waals surface area contributed by atoms with Crippen molar-refractivity contribution in [3.63, 3.8) is 0 Å². The highest BCUT2D eigenvalue weighted by Gasteiger charge is 2.45. The van der Waals surface area contributed by atoms with Crippen molar-refractivity contribution < 1.29 is 39.0 Å². The number of carboxylic acid groups (broad SMARTS) is 1. The number of H-pyrrole nitrogens is 1. The molecule has 286 valence electrons. The monoisotopic (exact) mass is 736 g/mol. The number of para-hydroxylation sites is 1. The predicted molar refractivity (Wildman–Crippen MR) is 189 cm³/mol. The Bertz CT molecular complexity index is 1810. The minimum absolute atomic E-state index is 0.00999. The van der Waals surface area contributed by atoms with Gasteiger partial charge >= 0.3 is 6.09 Å². The lowest BCUT2D eigenvalue weighted by Crippen LogP contribution is -2.56. The van der Waals surface area contributed by atoms with Gasteiger partial charge in [-0.3, -0.25) is 24.0 Å². The van der Waals surface area contributed by atoms with Gasteiger partial charge in [0, 0.05) is 19.5 Å². The maximum Gasteiger partial charge on any atom is 0.404 e. The van der Waals surface area contributed by atoms with Crippen molar-refractivity contribution in [3.8, 4) is 0 Å². The number of likely N-dealkylation sites (tertiary alicyclic amines) is 1. The molecule has 1 unspecified atom stereocenters. The molecule has 0 spiro atoms. The van der Waals surface area contributed by atoms with Crippen LogP contribution in [0.2, 0.25) is 0 Å². The minimum atomic E-state index is -1.36. The Morgan fingerprint density at radius 3 is 2.51 bits per heavy atom. The highest BCUT2D eigenvalue weighted by Crippen LogP contribution is 2.33. The number of unbranched alkanes of at least 4 members (excludes halogenated alkanes) is 1. The van der Waals surface area contributed by atoms with E-state index in [9.17, 15) is 33.9 Å². The van der Waals surface area contributed by atoms with Crippen LogP contribution >= 0.6 is 0 Å². The van der Waals surface area contributed by atoms with Gasteiger partial charge in [0.05, 0.1) is 41.4 Å². The normalized spacial score (nSPS) is 19.0. The second-order valence-corrected chi connectivity index (χ2v) is 14.4. The molecule has 2 aromatic heterocycles. The molecule has 18 heteroatoms. The lowest BCUT2D eigenvalue weighted by atomic mass is 9.84. The molecule has 3 heterocycles. The number of benzene rings is 1. The van der Waals surface area contributed by atoms with Crippen LogP contribution in [0.25, 0.3) is 11.0 Å². The third-order valence-corrected chi connectivity index (χ3v) is 10.1. The lowest BCUT2D eigenvalue weighted by Gasteiger charge is -2.32. The van der Waals surface area contributed by atoms with Gasteiger partial charge in [-0.05, 0) is 57.6 Å². The van der Waals surface area contributed by atoms with E-state index >= 15 is 0 Å². The standard InChI is InChI=1S/C35H48N10O8/c1-35(2,53)27-17-40-43-45(27)21-16-26(32(49)41-24(29(46)30(36)47)12-6-7-14-37-34(51)52)44(18-21)33(50)25(15-20-9-4-3-5-10-20)42-31(48)22-11-8-13-23-28(22)39-19-38-23/h8,11,13,17,19-21,24-26,37,53H,3-7,9-10,12,14-16,18H2,1-2H3,(H2,36,47)(H,38,39)(H,41,49)(H,42,48)(H,51,52)/t21-,24?,25+,26-/m0/s1. The SMILES string of the molecule is CC(C)(O)c1cnnn1[C@H]1C[C@@H](C(=O)NC(CCCCNC(=O)O)C(=O)C(N)=O)N(C(=O)[C@@H](CC2CCCCC2)NC(=O)c2cccc3[nH]cnc23)C1. The average molecular weight is 737 g/mol. The van der Waals surface area contributed by atoms with Gasteiger partial charge in [0.15, 0.2) is 0 Å². The number of aliphatic hydroxyl groups is 1. The van der Waals surface area contributed by atoms with Crippen LogP contribution in [0.3, 0.4) is 0 Å². The van der Waals surface area contributed by atoms with Crippen LogP contribution in [-0.4, -0.2) is 107 Å². The zero-order chi connectivity index (χ0) is 38.3. The Hall–Kier alpha value is -5.39. The van der Waals surface area contributed by atoms with Crippen molar-refractivity contribution in [1.29, 1.82) is 0 Å². The van der Waals surface area contributed by atoms with E-state index in [1.807, 2.05) is 0 Å². The number of hydrogen-bond donors (Lipinski definition) is 7. The lowest BCUT2D eigenvalue weighted by molar-refractivity contribution is -0.142. The molecule has 2 aliphatic rings. The van der Waals surface area contributed by atoms with Crippen LogP contribution < -0.4 is 21.7 Å². The molecule has 18 nitrogen and oxygen atoms in total. The number of aromatic amines is 1. The summed E-state index contributed by atoms with van der Waals surface area (Å²) in [5.74, 6) is -3.88. The number of carbonyl (C=O) groups excluding carboxylic acids is 5. The first-order valence-corrected chi connectivity index (χ1v) is 18.0. The number of nitrogens with zero attached hydrogens (tertiary/aromatic N) is 5. The number of nitrogens with one attached hydrogen (secondary N) is 4. The number of fused-ring (bicyclic) bond motifs is 1. The Labute approximate surface area is 305 Å². The minimum Gasteiger partial charge on any atom is -0.465 e. The molecule has 5 amide bonds. The van der Waals surface area contributed by atoms with E-state index in [2.05, 4.69) is 36.2 Å². The summed E-state index contributed by atoms with van der Waals surface area (Å²) in [5.41, 5.74) is 5.69. The maximum atomic E-state index is 14.8. The molecule has 1 saturated heterocycles. The first-order valence-electron chi connectivity index (χ1n) is 18.0. The van der Waals surface area contributed by atoms with E-state index < -0.39 is 65.3 Å². The third-order valence-electron chi connectivity index (χ3n) is 10.1. The highest BCUT2D eigenvalue weighted by atomic mass is 16.4. The number of rotatable bonds is 16. The first kappa shape index (κ1) is 38.8. The van der Waals surface area contributed by atoms with Gasteiger partial charge in [0.25, 0.3) is 11.8 Å². The van der Waals surface area contributed by atoms with Crippen LogP contribution in [0.5, 0.6) is 0 Å². The van der Waals surface area contributed by atoms with E-state index in [-0.39, 0.29) is 43.8 Å². The van der Waals surface area contributed by atoms with Crippen LogP contribution in [0.15, 0.2) is 30.7 Å². The smallest absolute Gasteiger partial charge is 0.404 e. The van der Waals surface area contributed by atoms with E-state index in [1.165, 1.54) is 22.1 Å². The van der Waals surface area contributed by atoms with E-state index in [0.29, 0.717) is 29.6 Å². The Kier molecular flexibility index (Phi) is 12.4. The van der Waals surface area contributed by atoms with Crippen molar-refractivity contribution in [1.82, 2.24) is 45.8 Å². The summed E-state index contributed by atoms with van der Waals surface area (Å²) in [7, 11) is 0. The predicted octanol–water partition coefficient (Wildman–Crippen LogP) is 1.27. The fourth-order valence-electron chi connectivity index (χ4n) is 7.37. The topological polar surface area (TPSA) is 268 Å². The summed E-state index contributed by atoms with van der Waals surface area (Å²) >= 11 is 0. The van der Waals surface area contributed by atoms with Crippen LogP contribution in [0.4, 0.5) is 4.79 Å². The molecule has 53 heavy (non-hydrogen) atoms. The number of Topliss-reactive ketones (excluding diaryl/α,β-unsaturated/α-hetero) is 1. The van der Waals surface area contributed by atoms with Gasteiger partial charge in [0.1, 0.15) is 23.2 Å². The summed E-state index contributed by atoms with van der Waals surface area (Å²) in [6, 6.07) is 0.961. The average Bonchev–Trinajstić information content (AvgIpc) is 3.90. The van der Waals surface area contributed by atoms with Crippen molar-refractivity contribution in [2.75, 3.05) is 13.1 Å². The number of nitrogens with two attached hydrogens (primary N) is 1. The molecular formula is C35H48N10O8. The van der Waals surface area contributed by atoms with Crippen LogP contribution in [0, 0.1) is 5.92 Å². The molecule has 1 aliphatic carbocycles. The summed E-state index contributed by atoms with van der Waals surface area (Å²) in [4.78, 5) is 87.0. The molecule has 1 saturated carbocycles. The second-order valence-electron chi connectivity index (χ2n) is 14.4. The molecule has 8 N–H and O–H groups in total. The number of primary amides is 1. The zero-order valence-corrected chi connectivity index (χ0v) is 29.9. The fraction of sp³-hybridized carbons (Fsp3) is 0.571. The quantitative estimate of drug-likeness (QED) is 0.0813. The number of carbonyl (C=O) groups is 6. The summed E-state index contributed by atoms with van der Waals surface area (Å²) < 4.78 is 1.47. The highest BCUT2D eigenvalue weighted by molar-refractivity contribution is 6.37. The Balaban J connectivity index is 1.44. The summed E-state index contributed by atoms with van der Waals surface area (Å²) in [5, 5.41) is 35.7. The van der Waals surface area contributed by atoms with Gasteiger partial charge < -0.3 is 41.8 Å². The molecule has 5 rings (SSSR count). The van der Waals surface area contributed by atoms with Crippen LogP contribution in [0.1, 0.15) is 100 Å². The van der Waals surface area contributed by atoms with E-state index in [1.54, 1.807) is 32.0 Å². The van der Waals surface area contributed by atoms with E-state index in [4.69, 9.17) is 10.8 Å². The van der Waals surface area contributed by atoms with Crippen molar-refractivity contribution >= 4 is 46.5 Å².